The zero-order valence-corrected chi connectivity index (χ0v) is 7.07. The summed E-state index contributed by atoms with van der Waals surface area (Å²) in [6.45, 7) is 2.16. The summed E-state index contributed by atoms with van der Waals surface area (Å²) in [5.41, 5.74) is 2.22. The third-order valence-corrected chi connectivity index (χ3v) is 1.87. The number of hydrogen-bond acceptors (Lipinski definition) is 2. The van der Waals surface area contributed by atoms with Gasteiger partial charge in [0.2, 0.25) is 0 Å². The van der Waals surface area contributed by atoms with Gasteiger partial charge in [-0.15, -0.1) is 0 Å². The molecule has 2 rings (SSSR count). The van der Waals surface area contributed by atoms with Gasteiger partial charge in [-0.05, 0) is 12.5 Å². The van der Waals surface area contributed by atoms with Crippen molar-refractivity contribution >= 4 is 5.65 Å². The summed E-state index contributed by atoms with van der Waals surface area (Å²) in [4.78, 5) is 4.26. The van der Waals surface area contributed by atoms with Crippen LogP contribution >= 0.6 is 0 Å². The molecule has 3 nitrogen and oxygen atoms in total. The summed E-state index contributed by atoms with van der Waals surface area (Å²) < 4.78 is 1.81. The molecule has 0 aliphatic heterocycles. The van der Waals surface area contributed by atoms with Gasteiger partial charge in [0.05, 0.1) is 6.20 Å². The van der Waals surface area contributed by atoms with Crippen LogP contribution in [0.25, 0.3) is 5.65 Å². The molecule has 0 aliphatic rings. The lowest BCUT2D eigenvalue weighted by molar-refractivity contribution is 0.924. The van der Waals surface area contributed by atoms with Crippen LogP contribution in [0.15, 0.2) is 24.7 Å². The number of aryl methyl sites for hydroxylation is 1. The lowest BCUT2D eigenvalue weighted by Gasteiger charge is -1.93. The first-order valence-electron chi connectivity index (χ1n) is 4.19. The van der Waals surface area contributed by atoms with Crippen molar-refractivity contribution in [3.8, 4) is 0 Å². The zero-order valence-electron chi connectivity index (χ0n) is 7.07. The van der Waals surface area contributed by atoms with Crippen molar-refractivity contribution in [3.63, 3.8) is 0 Å². The Kier molecular flexibility index (Phi) is 1.78. The largest absolute Gasteiger partial charge is 0.237 e. The normalized spacial score (nSPS) is 10.8. The predicted octanol–water partition coefficient (Wildman–Crippen LogP) is 1.68. The van der Waals surface area contributed by atoms with Crippen molar-refractivity contribution in [2.24, 2.45) is 0 Å². The van der Waals surface area contributed by atoms with E-state index in [1.807, 2.05) is 23.0 Å². The van der Waals surface area contributed by atoms with Gasteiger partial charge in [0.25, 0.3) is 0 Å². The molecule has 0 aliphatic carbocycles. The Labute approximate surface area is 71.1 Å². The number of rotatable bonds is 2. The van der Waals surface area contributed by atoms with E-state index < -0.39 is 0 Å². The lowest BCUT2D eigenvalue weighted by Crippen LogP contribution is -1.89. The Morgan fingerprint density at radius 1 is 1.50 bits per heavy atom. The molecule has 0 aromatic carbocycles. The van der Waals surface area contributed by atoms with Crippen LogP contribution in [-0.2, 0) is 6.42 Å². The van der Waals surface area contributed by atoms with Crippen LogP contribution in [0, 0.1) is 0 Å². The second kappa shape index (κ2) is 2.93. The molecule has 0 radical (unpaired) electrons. The molecule has 0 bridgehead atoms. The van der Waals surface area contributed by atoms with E-state index in [9.17, 15) is 0 Å². The quantitative estimate of drug-likeness (QED) is 0.670. The van der Waals surface area contributed by atoms with Crippen LogP contribution in [0.4, 0.5) is 0 Å². The number of nitrogens with zero attached hydrogens (tertiary/aromatic N) is 3. The highest BCUT2D eigenvalue weighted by Gasteiger charge is 2.01. The predicted molar refractivity (Wildman–Crippen MR) is 47.0 cm³/mol. The Morgan fingerprint density at radius 2 is 2.42 bits per heavy atom. The maximum absolute atomic E-state index is 4.26. The van der Waals surface area contributed by atoms with Gasteiger partial charge in [-0.2, -0.15) is 5.10 Å². The molecule has 3 heteroatoms. The van der Waals surface area contributed by atoms with Gasteiger partial charge in [0.1, 0.15) is 0 Å². The van der Waals surface area contributed by atoms with E-state index in [0.29, 0.717) is 0 Å². The van der Waals surface area contributed by atoms with Crippen LogP contribution in [-0.4, -0.2) is 14.6 Å². The highest BCUT2D eigenvalue weighted by molar-refractivity contribution is 5.45. The third-order valence-electron chi connectivity index (χ3n) is 1.87. The standard InChI is InChI=1S/C9H11N3/c1-2-4-8-7-11-12-6-3-5-10-9(8)12/h3,5-7H,2,4H2,1H3. The minimum atomic E-state index is 0.986. The van der Waals surface area contributed by atoms with Crippen molar-refractivity contribution in [2.45, 2.75) is 19.8 Å². The van der Waals surface area contributed by atoms with E-state index in [1.54, 1.807) is 6.20 Å². The number of aromatic nitrogens is 3. The summed E-state index contributed by atoms with van der Waals surface area (Å²) in [6, 6.07) is 1.88. The summed E-state index contributed by atoms with van der Waals surface area (Å²) in [5, 5.41) is 4.19. The second-order valence-corrected chi connectivity index (χ2v) is 2.81. The fraction of sp³-hybridized carbons (Fsp3) is 0.333. The molecule has 2 aromatic heterocycles. The van der Waals surface area contributed by atoms with E-state index in [0.717, 1.165) is 18.5 Å². The van der Waals surface area contributed by atoms with Crippen LogP contribution < -0.4 is 0 Å². The van der Waals surface area contributed by atoms with E-state index >= 15 is 0 Å². The first kappa shape index (κ1) is 7.28. The highest BCUT2D eigenvalue weighted by atomic mass is 15.2. The summed E-state index contributed by atoms with van der Waals surface area (Å²) >= 11 is 0. The lowest BCUT2D eigenvalue weighted by atomic mass is 10.2. The smallest absolute Gasteiger partial charge is 0.158 e. The molecule has 2 heterocycles. The van der Waals surface area contributed by atoms with E-state index in [2.05, 4.69) is 17.0 Å². The maximum Gasteiger partial charge on any atom is 0.158 e. The maximum atomic E-state index is 4.26. The molecular formula is C9H11N3. The molecule has 0 saturated heterocycles. The molecule has 0 fully saturated rings. The van der Waals surface area contributed by atoms with Crippen LogP contribution in [0.1, 0.15) is 18.9 Å². The highest BCUT2D eigenvalue weighted by Crippen LogP contribution is 2.08. The van der Waals surface area contributed by atoms with Crippen LogP contribution in [0.3, 0.4) is 0 Å². The molecule has 12 heavy (non-hydrogen) atoms. The Morgan fingerprint density at radius 3 is 3.25 bits per heavy atom. The molecule has 0 spiro atoms. The molecular weight excluding hydrogens is 150 g/mol. The SMILES string of the molecule is CCCc1cnn2cccnc12. The van der Waals surface area contributed by atoms with Crippen molar-refractivity contribution in [3.05, 3.63) is 30.2 Å². The Balaban J connectivity index is 2.55. The Bertz CT molecular complexity index is 378. The second-order valence-electron chi connectivity index (χ2n) is 2.81. The first-order chi connectivity index (χ1) is 5.92. The van der Waals surface area contributed by atoms with Crippen LogP contribution in [0.5, 0.6) is 0 Å². The summed E-state index contributed by atoms with van der Waals surface area (Å²) in [7, 11) is 0. The molecule has 0 atom stereocenters. The average Bonchev–Trinajstić information content (AvgIpc) is 2.50. The van der Waals surface area contributed by atoms with Crippen LogP contribution in [0.2, 0.25) is 0 Å². The molecule has 0 saturated carbocycles. The van der Waals surface area contributed by atoms with Gasteiger partial charge in [0, 0.05) is 18.0 Å². The molecule has 2 aromatic rings. The molecule has 0 N–H and O–H groups in total. The topological polar surface area (TPSA) is 30.2 Å². The number of hydrogen-bond donors (Lipinski definition) is 0. The van der Waals surface area contributed by atoms with Gasteiger partial charge < -0.3 is 0 Å². The van der Waals surface area contributed by atoms with Gasteiger partial charge in [-0.1, -0.05) is 13.3 Å². The molecule has 0 unspecified atom stereocenters. The Hall–Kier alpha value is -1.38. The fourth-order valence-corrected chi connectivity index (χ4v) is 1.32. The molecule has 0 amide bonds. The average molecular weight is 161 g/mol. The van der Waals surface area contributed by atoms with Crippen molar-refractivity contribution in [1.82, 2.24) is 14.6 Å². The monoisotopic (exact) mass is 161 g/mol. The fourth-order valence-electron chi connectivity index (χ4n) is 1.32. The van der Waals surface area contributed by atoms with Crippen molar-refractivity contribution in [1.29, 1.82) is 0 Å². The summed E-state index contributed by atoms with van der Waals surface area (Å²) in [5.74, 6) is 0. The minimum Gasteiger partial charge on any atom is -0.237 e. The van der Waals surface area contributed by atoms with Gasteiger partial charge in [-0.3, -0.25) is 0 Å². The van der Waals surface area contributed by atoms with Crippen molar-refractivity contribution in [2.75, 3.05) is 0 Å². The van der Waals surface area contributed by atoms with E-state index in [-0.39, 0.29) is 0 Å². The first-order valence-corrected chi connectivity index (χ1v) is 4.19. The zero-order chi connectivity index (χ0) is 8.39. The minimum absolute atomic E-state index is 0.986. The third kappa shape index (κ3) is 1.07. The number of fused-ring (bicyclic) bond motifs is 1. The van der Waals surface area contributed by atoms with Gasteiger partial charge in [0.15, 0.2) is 5.65 Å². The van der Waals surface area contributed by atoms with Gasteiger partial charge >= 0.3 is 0 Å². The molecule has 62 valence electrons. The summed E-state index contributed by atoms with van der Waals surface area (Å²) in [6.07, 6.45) is 7.81. The van der Waals surface area contributed by atoms with Gasteiger partial charge in [-0.25, -0.2) is 9.50 Å². The van der Waals surface area contributed by atoms with Crippen molar-refractivity contribution < 1.29 is 0 Å². The van der Waals surface area contributed by atoms with E-state index in [4.69, 9.17) is 0 Å². The van der Waals surface area contributed by atoms with E-state index in [1.165, 1.54) is 5.56 Å².